The molecule has 8 nitrogen and oxygen atoms in total. The summed E-state index contributed by atoms with van der Waals surface area (Å²) in [6.07, 6.45) is 0.387. The molecule has 0 bridgehead atoms. The minimum absolute atomic E-state index is 0.0216. The lowest BCUT2D eigenvalue weighted by molar-refractivity contribution is -0.129. The summed E-state index contributed by atoms with van der Waals surface area (Å²) in [6, 6.07) is 2.26. The zero-order valence-corrected chi connectivity index (χ0v) is 21.4. The van der Waals surface area contributed by atoms with E-state index in [9.17, 15) is 32.8 Å². The minimum atomic E-state index is -2.97. The number of rotatable bonds is 5. The van der Waals surface area contributed by atoms with Crippen LogP contribution in [0.4, 0.5) is 13.2 Å². The largest absolute Gasteiger partial charge is 0.356 e. The lowest BCUT2D eigenvalue weighted by atomic mass is 9.90. The number of piperidine rings is 1. The van der Waals surface area contributed by atoms with E-state index in [-0.39, 0.29) is 40.5 Å². The van der Waals surface area contributed by atoms with E-state index in [4.69, 9.17) is 11.6 Å². The highest BCUT2D eigenvalue weighted by Gasteiger charge is 2.58. The third-order valence-corrected chi connectivity index (χ3v) is 8.50. The van der Waals surface area contributed by atoms with Crippen LogP contribution in [0.15, 0.2) is 12.1 Å². The van der Waals surface area contributed by atoms with Crippen LogP contribution in [0.25, 0.3) is 10.9 Å². The van der Waals surface area contributed by atoms with Crippen molar-refractivity contribution in [3.63, 3.8) is 0 Å². The molecule has 0 radical (unpaired) electrons. The van der Waals surface area contributed by atoms with Gasteiger partial charge in [-0.15, -0.1) is 0 Å². The van der Waals surface area contributed by atoms with Crippen molar-refractivity contribution in [3.05, 3.63) is 34.2 Å². The summed E-state index contributed by atoms with van der Waals surface area (Å²) in [4.78, 5) is 43.3. The summed E-state index contributed by atoms with van der Waals surface area (Å²) in [7, 11) is 0. The van der Waals surface area contributed by atoms with Crippen molar-refractivity contribution >= 4 is 40.2 Å². The van der Waals surface area contributed by atoms with Gasteiger partial charge in [-0.1, -0.05) is 11.6 Å². The van der Waals surface area contributed by atoms with Gasteiger partial charge in [0.15, 0.2) is 0 Å². The Bertz CT molecular complexity index is 1360. The van der Waals surface area contributed by atoms with Crippen LogP contribution in [0.5, 0.6) is 0 Å². The van der Waals surface area contributed by atoms with Crippen LogP contribution in [0.1, 0.15) is 48.2 Å². The maximum absolute atomic E-state index is 14.6. The summed E-state index contributed by atoms with van der Waals surface area (Å²) >= 11 is 6.30. The van der Waals surface area contributed by atoms with Gasteiger partial charge in [-0.2, -0.15) is 5.26 Å². The van der Waals surface area contributed by atoms with Crippen molar-refractivity contribution in [2.45, 2.75) is 57.0 Å². The van der Waals surface area contributed by atoms with Crippen molar-refractivity contribution in [1.29, 1.82) is 5.26 Å². The highest BCUT2D eigenvalue weighted by atomic mass is 35.5. The average molecular weight is 550 g/mol. The monoisotopic (exact) mass is 549 g/mol. The van der Waals surface area contributed by atoms with E-state index in [0.717, 1.165) is 6.42 Å². The number of aromatic amines is 1. The lowest BCUT2D eigenvalue weighted by Crippen LogP contribution is -2.52. The number of aryl methyl sites for hydroxylation is 1. The van der Waals surface area contributed by atoms with Gasteiger partial charge in [0.05, 0.1) is 16.6 Å². The standard InChI is InChI=1S/C26H27ClF3N5O3/c1-12-5-18(28)16-7-19(34-21(16)20(12)27)25(38)35-11-14-8-26(29,30)9-17(14)22(35)24(37)33-15(10-31)6-13-3-2-4-32-23(13)36/h5,7,13-15,17,22,34H,2-4,6,8-9,11H2,1H3,(H,32,36)(H,33,37)/t13-,14+,15+,17+,22-/m0/s1. The first-order valence-corrected chi connectivity index (χ1v) is 13.0. The number of nitrogens with zero attached hydrogens (tertiary/aromatic N) is 2. The van der Waals surface area contributed by atoms with Gasteiger partial charge in [-0.3, -0.25) is 14.4 Å². The first-order chi connectivity index (χ1) is 18.0. The fourth-order valence-electron chi connectivity index (χ4n) is 6.20. The first-order valence-electron chi connectivity index (χ1n) is 12.6. The molecule has 3 N–H and O–H groups in total. The van der Waals surface area contributed by atoms with Crippen molar-refractivity contribution in [2.75, 3.05) is 13.1 Å². The average Bonchev–Trinajstić information content (AvgIpc) is 3.53. The molecule has 1 saturated carbocycles. The normalized spacial score (nSPS) is 27.1. The Hall–Kier alpha value is -3.26. The van der Waals surface area contributed by atoms with Gasteiger partial charge in [0.2, 0.25) is 17.7 Å². The van der Waals surface area contributed by atoms with Gasteiger partial charge < -0.3 is 20.5 Å². The van der Waals surface area contributed by atoms with Gasteiger partial charge in [-0.25, -0.2) is 13.2 Å². The van der Waals surface area contributed by atoms with Crippen LogP contribution in [-0.2, 0) is 9.59 Å². The van der Waals surface area contributed by atoms with Crippen LogP contribution in [0, 0.1) is 41.8 Å². The number of H-pyrrole nitrogens is 1. The van der Waals surface area contributed by atoms with Crippen molar-refractivity contribution in [2.24, 2.45) is 17.8 Å². The van der Waals surface area contributed by atoms with Crippen molar-refractivity contribution in [3.8, 4) is 6.07 Å². The molecule has 1 aromatic carbocycles. The summed E-state index contributed by atoms with van der Waals surface area (Å²) in [5.41, 5.74) is 0.684. The zero-order valence-electron chi connectivity index (χ0n) is 20.6. The predicted molar refractivity (Wildman–Crippen MR) is 132 cm³/mol. The van der Waals surface area contributed by atoms with Crippen LogP contribution in [0.3, 0.4) is 0 Å². The molecule has 1 aliphatic carbocycles. The van der Waals surface area contributed by atoms with Crippen molar-refractivity contribution < 1.29 is 27.6 Å². The number of fused-ring (bicyclic) bond motifs is 2. The second kappa shape index (κ2) is 9.80. The molecular formula is C26H27ClF3N5O3. The highest BCUT2D eigenvalue weighted by Crippen LogP contribution is 2.50. The predicted octanol–water partition coefficient (Wildman–Crippen LogP) is 3.68. The number of nitriles is 1. The molecule has 2 saturated heterocycles. The van der Waals surface area contributed by atoms with Gasteiger partial charge in [-0.05, 0) is 55.7 Å². The molecule has 38 heavy (non-hydrogen) atoms. The van der Waals surface area contributed by atoms with Gasteiger partial charge in [0.25, 0.3) is 5.91 Å². The molecule has 3 fully saturated rings. The van der Waals surface area contributed by atoms with Crippen LogP contribution >= 0.6 is 11.6 Å². The van der Waals surface area contributed by atoms with E-state index < -0.39 is 66.2 Å². The van der Waals surface area contributed by atoms with Crippen LogP contribution < -0.4 is 10.6 Å². The Balaban J connectivity index is 1.41. The summed E-state index contributed by atoms with van der Waals surface area (Å²) in [5, 5.41) is 15.3. The molecule has 3 amide bonds. The van der Waals surface area contributed by atoms with E-state index in [1.807, 2.05) is 6.07 Å². The Kier molecular flexibility index (Phi) is 6.80. The number of likely N-dealkylation sites (tertiary alicyclic amines) is 1. The fraction of sp³-hybridized carbons (Fsp3) is 0.538. The number of benzene rings is 1. The molecule has 2 aromatic rings. The molecule has 3 aliphatic rings. The van der Waals surface area contributed by atoms with Gasteiger partial charge in [0.1, 0.15) is 23.6 Å². The Labute approximate surface area is 221 Å². The molecule has 202 valence electrons. The fourth-order valence-corrected chi connectivity index (χ4v) is 6.41. The lowest BCUT2D eigenvalue weighted by Gasteiger charge is -2.29. The maximum Gasteiger partial charge on any atom is 0.271 e. The quantitative estimate of drug-likeness (QED) is 0.527. The SMILES string of the molecule is Cc1cc(F)c2cc(C(=O)N3C[C@H]4CC(F)(F)C[C@H]4[C@H]3C(=O)N[C@@H](C#N)C[C@@H]3CCCNC3=O)[nH]c2c1Cl. The Morgan fingerprint density at radius 3 is 2.82 bits per heavy atom. The Morgan fingerprint density at radius 1 is 1.34 bits per heavy atom. The third-order valence-electron chi connectivity index (χ3n) is 8.01. The number of hydrogen-bond acceptors (Lipinski definition) is 4. The summed E-state index contributed by atoms with van der Waals surface area (Å²) < 4.78 is 43.2. The van der Waals surface area contributed by atoms with Gasteiger partial charge >= 0.3 is 0 Å². The third kappa shape index (κ3) is 4.70. The molecule has 5 rings (SSSR count). The minimum Gasteiger partial charge on any atom is -0.356 e. The van der Waals surface area contributed by atoms with E-state index in [1.54, 1.807) is 6.92 Å². The van der Waals surface area contributed by atoms with Gasteiger partial charge in [0, 0.05) is 37.2 Å². The molecule has 2 aliphatic heterocycles. The number of hydrogen-bond donors (Lipinski definition) is 3. The molecule has 12 heteroatoms. The maximum atomic E-state index is 14.6. The van der Waals surface area contributed by atoms with E-state index >= 15 is 0 Å². The van der Waals surface area contributed by atoms with Crippen molar-refractivity contribution in [1.82, 2.24) is 20.5 Å². The number of carbonyl (C=O) groups is 3. The number of aromatic nitrogens is 1. The van der Waals surface area contributed by atoms with E-state index in [2.05, 4.69) is 15.6 Å². The number of carbonyl (C=O) groups excluding carboxylic acids is 3. The second-order valence-electron chi connectivity index (χ2n) is 10.6. The molecule has 1 aromatic heterocycles. The number of nitrogens with one attached hydrogen (secondary N) is 3. The molecule has 5 atom stereocenters. The molecule has 0 unspecified atom stereocenters. The highest BCUT2D eigenvalue weighted by molar-refractivity contribution is 6.36. The molecular weight excluding hydrogens is 523 g/mol. The first kappa shape index (κ1) is 26.4. The smallest absolute Gasteiger partial charge is 0.271 e. The summed E-state index contributed by atoms with van der Waals surface area (Å²) in [6.45, 7) is 2.10. The second-order valence-corrected chi connectivity index (χ2v) is 11.0. The topological polar surface area (TPSA) is 118 Å². The molecule has 3 heterocycles. The molecule has 0 spiro atoms. The number of amides is 3. The van der Waals surface area contributed by atoms with E-state index in [1.165, 1.54) is 17.0 Å². The van der Waals surface area contributed by atoms with Crippen LogP contribution in [-0.4, -0.2) is 58.7 Å². The number of alkyl halides is 2. The zero-order chi connectivity index (χ0) is 27.4. The number of halogens is 4. The Morgan fingerprint density at radius 2 is 2.11 bits per heavy atom. The van der Waals surface area contributed by atoms with E-state index in [0.29, 0.717) is 18.5 Å². The van der Waals surface area contributed by atoms with Crippen LogP contribution in [0.2, 0.25) is 5.02 Å². The summed E-state index contributed by atoms with van der Waals surface area (Å²) in [5.74, 6) is -6.97.